The molecule has 1 aliphatic rings. The molecule has 1 aromatic carbocycles. The topological polar surface area (TPSA) is 88.8 Å². The molecule has 2 unspecified atom stereocenters. The number of carboxylic acid groups (broad SMARTS) is 1. The summed E-state index contributed by atoms with van der Waals surface area (Å²) in [5.74, 6) is 0.109. The third kappa shape index (κ3) is 2.50. The minimum Gasteiger partial charge on any atom is -0.497 e. The average molecular weight is 307 g/mol. The van der Waals surface area contributed by atoms with Crippen LogP contribution in [0.5, 0.6) is 5.75 Å². The van der Waals surface area contributed by atoms with Gasteiger partial charge < -0.3 is 14.3 Å². The van der Waals surface area contributed by atoms with Crippen molar-refractivity contribution in [3.63, 3.8) is 0 Å². The molecule has 0 spiro atoms. The molecule has 6 nitrogen and oxygen atoms in total. The van der Waals surface area contributed by atoms with E-state index in [-0.39, 0.29) is 10.8 Å². The van der Waals surface area contributed by atoms with Crippen molar-refractivity contribution in [3.05, 3.63) is 40.2 Å². The fraction of sp³-hybridized carbons (Fsp3) is 0.286. The van der Waals surface area contributed by atoms with Crippen molar-refractivity contribution in [3.8, 4) is 5.75 Å². The molecule has 1 aliphatic heterocycles. The van der Waals surface area contributed by atoms with Crippen LogP contribution in [-0.4, -0.2) is 30.0 Å². The third-order valence-corrected chi connectivity index (χ3v) is 4.62. The van der Waals surface area contributed by atoms with Crippen LogP contribution in [0.4, 0.5) is 0 Å². The van der Waals surface area contributed by atoms with Gasteiger partial charge in [-0.05, 0) is 12.1 Å². The van der Waals surface area contributed by atoms with E-state index in [0.717, 1.165) is 0 Å². The van der Waals surface area contributed by atoms with Crippen LogP contribution in [0.3, 0.4) is 0 Å². The maximum Gasteiger partial charge on any atom is 0.321 e. The average Bonchev–Trinajstić information content (AvgIpc) is 2.97. The number of methoxy groups -OCH3 is 1. The second-order valence-corrected chi connectivity index (χ2v) is 5.79. The number of hydrogen-bond donors (Lipinski definition) is 2. The van der Waals surface area contributed by atoms with Gasteiger partial charge in [0.2, 0.25) is 0 Å². The Morgan fingerprint density at radius 2 is 2.33 bits per heavy atom. The first-order valence-corrected chi connectivity index (χ1v) is 7.35. The normalized spacial score (nSPS) is 21.6. The lowest BCUT2D eigenvalue weighted by molar-refractivity contribution is -0.138. The lowest BCUT2D eigenvalue weighted by Crippen LogP contribution is -2.34. The molecular weight excluding hydrogens is 294 g/mol. The van der Waals surface area contributed by atoms with E-state index in [9.17, 15) is 9.59 Å². The lowest BCUT2D eigenvalue weighted by Gasteiger charge is -2.11. The van der Waals surface area contributed by atoms with Crippen LogP contribution in [0.25, 0.3) is 11.0 Å². The standard InChI is InChI=1S/C14H13NO5S/c1-19-7-2-3-8-11(4-7)20-5-9(12(8)16)13-15-10(6-21-13)14(17)18/h2-5,10,13,15H,6H2,1H3,(H,17,18). The van der Waals surface area contributed by atoms with Crippen LogP contribution in [0, 0.1) is 0 Å². The summed E-state index contributed by atoms with van der Waals surface area (Å²) in [7, 11) is 1.54. The van der Waals surface area contributed by atoms with Crippen molar-refractivity contribution in [2.75, 3.05) is 12.9 Å². The first-order valence-electron chi connectivity index (χ1n) is 6.30. The molecule has 1 fully saturated rings. The molecule has 2 heterocycles. The zero-order chi connectivity index (χ0) is 15.0. The fourth-order valence-corrected chi connectivity index (χ4v) is 3.45. The number of thioether (sulfide) groups is 1. The molecule has 0 bridgehead atoms. The molecule has 1 aromatic heterocycles. The van der Waals surface area contributed by atoms with E-state index in [1.165, 1.54) is 18.0 Å². The number of fused-ring (bicyclic) bond motifs is 1. The van der Waals surface area contributed by atoms with Crippen LogP contribution < -0.4 is 15.5 Å². The van der Waals surface area contributed by atoms with Crippen LogP contribution in [0.2, 0.25) is 0 Å². The maximum atomic E-state index is 12.5. The summed E-state index contributed by atoms with van der Waals surface area (Å²) in [5.41, 5.74) is 0.720. The van der Waals surface area contributed by atoms with Crippen molar-refractivity contribution >= 4 is 28.7 Å². The number of ether oxygens (including phenoxy) is 1. The molecule has 0 aliphatic carbocycles. The van der Waals surface area contributed by atoms with Crippen LogP contribution in [-0.2, 0) is 4.79 Å². The fourth-order valence-electron chi connectivity index (χ4n) is 2.23. The predicted octanol–water partition coefficient (Wildman–Crippen LogP) is 1.59. The van der Waals surface area contributed by atoms with Gasteiger partial charge in [0.25, 0.3) is 0 Å². The van der Waals surface area contributed by atoms with E-state index < -0.39 is 12.0 Å². The second-order valence-electron chi connectivity index (χ2n) is 4.65. The first kappa shape index (κ1) is 14.0. The third-order valence-electron chi connectivity index (χ3n) is 3.37. The molecule has 2 aromatic rings. The van der Waals surface area contributed by atoms with Gasteiger partial charge in [-0.25, -0.2) is 0 Å². The summed E-state index contributed by atoms with van der Waals surface area (Å²) in [5, 5.41) is 12.0. The van der Waals surface area contributed by atoms with E-state index >= 15 is 0 Å². The molecule has 1 saturated heterocycles. The monoisotopic (exact) mass is 307 g/mol. The summed E-state index contributed by atoms with van der Waals surface area (Å²) in [6.45, 7) is 0. The summed E-state index contributed by atoms with van der Waals surface area (Å²) in [6, 6.07) is 4.34. The Morgan fingerprint density at radius 3 is 3.00 bits per heavy atom. The number of rotatable bonds is 3. The Morgan fingerprint density at radius 1 is 1.52 bits per heavy atom. The molecule has 2 N–H and O–H groups in total. The molecule has 0 amide bonds. The molecule has 0 saturated carbocycles. The first-order chi connectivity index (χ1) is 10.1. The molecule has 2 atom stereocenters. The number of carbonyl (C=O) groups is 1. The van der Waals surface area contributed by atoms with Gasteiger partial charge in [-0.2, -0.15) is 0 Å². The largest absolute Gasteiger partial charge is 0.497 e. The van der Waals surface area contributed by atoms with E-state index in [1.54, 1.807) is 25.3 Å². The van der Waals surface area contributed by atoms with Crippen molar-refractivity contribution in [1.29, 1.82) is 0 Å². The molecular formula is C14H13NO5S. The summed E-state index contributed by atoms with van der Waals surface area (Å²) in [4.78, 5) is 23.4. The molecule has 0 radical (unpaired) electrons. The van der Waals surface area contributed by atoms with Gasteiger partial charge in [0, 0.05) is 11.8 Å². The SMILES string of the molecule is COc1ccc2c(=O)c(C3NC(C(=O)O)CS3)coc2c1. The van der Waals surface area contributed by atoms with Crippen LogP contribution >= 0.6 is 11.8 Å². The van der Waals surface area contributed by atoms with Gasteiger partial charge in [0.15, 0.2) is 5.43 Å². The summed E-state index contributed by atoms with van der Waals surface area (Å²) >= 11 is 1.39. The highest BCUT2D eigenvalue weighted by atomic mass is 32.2. The van der Waals surface area contributed by atoms with Crippen LogP contribution in [0.1, 0.15) is 10.9 Å². The quantitative estimate of drug-likeness (QED) is 0.890. The molecule has 110 valence electrons. The molecule has 21 heavy (non-hydrogen) atoms. The van der Waals surface area contributed by atoms with Crippen molar-refractivity contribution in [2.45, 2.75) is 11.4 Å². The van der Waals surface area contributed by atoms with Crippen molar-refractivity contribution in [2.24, 2.45) is 0 Å². The number of carboxylic acids is 1. The van der Waals surface area contributed by atoms with Crippen molar-refractivity contribution in [1.82, 2.24) is 5.32 Å². The number of nitrogens with one attached hydrogen (secondary N) is 1. The Kier molecular flexibility index (Phi) is 3.60. The minimum absolute atomic E-state index is 0.157. The Balaban J connectivity index is 1.99. The minimum atomic E-state index is -0.917. The van der Waals surface area contributed by atoms with E-state index in [4.69, 9.17) is 14.3 Å². The Bertz CT molecular complexity index is 757. The van der Waals surface area contributed by atoms with Gasteiger partial charge in [-0.3, -0.25) is 14.9 Å². The number of hydrogen-bond acceptors (Lipinski definition) is 6. The summed E-state index contributed by atoms with van der Waals surface area (Å²) < 4.78 is 10.6. The van der Waals surface area contributed by atoms with Gasteiger partial charge in [0.05, 0.1) is 23.4 Å². The summed E-state index contributed by atoms with van der Waals surface area (Å²) in [6.07, 6.45) is 1.39. The number of benzene rings is 1. The molecule has 7 heteroatoms. The van der Waals surface area contributed by atoms with Crippen molar-refractivity contribution < 1.29 is 19.1 Å². The molecule has 3 rings (SSSR count). The highest BCUT2D eigenvalue weighted by Gasteiger charge is 2.32. The number of aliphatic carboxylic acids is 1. The maximum absolute atomic E-state index is 12.5. The zero-order valence-electron chi connectivity index (χ0n) is 11.2. The predicted molar refractivity (Wildman–Crippen MR) is 78.8 cm³/mol. The van der Waals surface area contributed by atoms with Gasteiger partial charge >= 0.3 is 5.97 Å². The Labute approximate surface area is 124 Å². The van der Waals surface area contributed by atoms with Gasteiger partial charge in [-0.1, -0.05) is 0 Å². The van der Waals surface area contributed by atoms with E-state index in [1.807, 2.05) is 0 Å². The van der Waals surface area contributed by atoms with E-state index in [0.29, 0.717) is 28.0 Å². The second kappa shape index (κ2) is 5.42. The van der Waals surface area contributed by atoms with Gasteiger partial charge in [-0.15, -0.1) is 11.8 Å². The smallest absolute Gasteiger partial charge is 0.321 e. The van der Waals surface area contributed by atoms with E-state index in [2.05, 4.69) is 5.32 Å². The Hall–Kier alpha value is -1.99. The zero-order valence-corrected chi connectivity index (χ0v) is 12.0. The van der Waals surface area contributed by atoms with Gasteiger partial charge in [0.1, 0.15) is 23.6 Å². The lowest BCUT2D eigenvalue weighted by atomic mass is 10.1. The highest BCUT2D eigenvalue weighted by Crippen LogP contribution is 2.32. The van der Waals surface area contributed by atoms with Crippen LogP contribution in [0.15, 0.2) is 33.7 Å². The highest BCUT2D eigenvalue weighted by molar-refractivity contribution is 7.99.